The maximum absolute atomic E-state index is 12.8. The van der Waals surface area contributed by atoms with Crippen LogP contribution < -0.4 is 11.1 Å². The second kappa shape index (κ2) is 6.20. The van der Waals surface area contributed by atoms with Gasteiger partial charge in [-0.15, -0.1) is 0 Å². The van der Waals surface area contributed by atoms with Crippen molar-refractivity contribution in [1.29, 1.82) is 0 Å². The van der Waals surface area contributed by atoms with Crippen molar-refractivity contribution in [2.24, 2.45) is 5.41 Å². The molecule has 0 radical (unpaired) electrons. The number of benzene rings is 1. The highest BCUT2D eigenvalue weighted by atomic mass is 79.9. The molecule has 1 saturated heterocycles. The number of anilines is 2. The average molecular weight is 410 g/mol. The lowest BCUT2D eigenvalue weighted by molar-refractivity contribution is -0.120. The number of nitrogens with two attached hydrogens (primary N) is 1. The van der Waals surface area contributed by atoms with E-state index in [4.69, 9.17) is 10.5 Å². The topological polar surface area (TPSA) is 84.7 Å². The van der Waals surface area contributed by atoms with E-state index in [0.717, 1.165) is 17.3 Å². The van der Waals surface area contributed by atoms with E-state index < -0.39 is 17.7 Å². The third-order valence-electron chi connectivity index (χ3n) is 4.67. The van der Waals surface area contributed by atoms with E-state index >= 15 is 0 Å². The molecule has 2 fully saturated rings. The molecule has 1 aliphatic carbocycles. The van der Waals surface area contributed by atoms with Crippen LogP contribution in [0.5, 0.6) is 0 Å². The van der Waals surface area contributed by atoms with Crippen molar-refractivity contribution < 1.29 is 14.3 Å². The van der Waals surface area contributed by atoms with Crippen molar-refractivity contribution in [2.75, 3.05) is 17.6 Å². The van der Waals surface area contributed by atoms with Crippen LogP contribution in [0.1, 0.15) is 40.0 Å². The molecular formula is C18H24BrN3O3. The number of carbonyl (C=O) groups excluding carboxylic acids is 2. The molecule has 1 aromatic carbocycles. The van der Waals surface area contributed by atoms with E-state index in [2.05, 4.69) is 21.2 Å². The second-order valence-electron chi connectivity index (χ2n) is 8.05. The number of rotatable bonds is 2. The molecule has 7 heteroatoms. The predicted octanol–water partition coefficient (Wildman–Crippen LogP) is 3.76. The van der Waals surface area contributed by atoms with Crippen LogP contribution >= 0.6 is 15.9 Å². The van der Waals surface area contributed by atoms with Gasteiger partial charge in [-0.2, -0.15) is 0 Å². The van der Waals surface area contributed by atoms with Crippen molar-refractivity contribution in [3.8, 4) is 0 Å². The number of hydrogen-bond donors (Lipinski definition) is 2. The molecule has 25 heavy (non-hydrogen) atoms. The van der Waals surface area contributed by atoms with E-state index in [1.165, 1.54) is 0 Å². The number of carbonyl (C=O) groups is 2. The molecule has 3 N–H and O–H groups in total. The number of nitrogen functional groups attached to an aromatic ring is 1. The Bertz CT molecular complexity index is 710. The van der Waals surface area contributed by atoms with E-state index in [9.17, 15) is 9.59 Å². The molecule has 0 bridgehead atoms. The Labute approximate surface area is 156 Å². The molecule has 1 heterocycles. The fourth-order valence-corrected chi connectivity index (χ4v) is 3.58. The molecule has 136 valence electrons. The minimum atomic E-state index is -0.590. The summed E-state index contributed by atoms with van der Waals surface area (Å²) in [5.74, 6) is -0.219. The Hall–Kier alpha value is -1.76. The van der Waals surface area contributed by atoms with Gasteiger partial charge in [0.15, 0.2) is 0 Å². The molecule has 1 aliphatic heterocycles. The zero-order valence-corrected chi connectivity index (χ0v) is 16.4. The van der Waals surface area contributed by atoms with Gasteiger partial charge in [0, 0.05) is 11.0 Å². The summed E-state index contributed by atoms with van der Waals surface area (Å²) in [7, 11) is 0. The first-order valence-electron chi connectivity index (χ1n) is 8.44. The summed E-state index contributed by atoms with van der Waals surface area (Å²) in [5.41, 5.74) is 6.49. The van der Waals surface area contributed by atoms with Crippen LogP contribution in [0.3, 0.4) is 0 Å². The Morgan fingerprint density at radius 2 is 2.04 bits per heavy atom. The van der Waals surface area contributed by atoms with Crippen LogP contribution in [-0.4, -0.2) is 35.1 Å². The monoisotopic (exact) mass is 409 g/mol. The van der Waals surface area contributed by atoms with Gasteiger partial charge in [-0.1, -0.05) is 15.9 Å². The van der Waals surface area contributed by atoms with E-state index in [0.29, 0.717) is 24.3 Å². The van der Waals surface area contributed by atoms with Crippen LogP contribution in [0.2, 0.25) is 0 Å². The molecular weight excluding hydrogens is 386 g/mol. The summed E-state index contributed by atoms with van der Waals surface area (Å²) in [6.07, 6.45) is 2.35. The summed E-state index contributed by atoms with van der Waals surface area (Å²) in [4.78, 5) is 26.9. The van der Waals surface area contributed by atoms with Gasteiger partial charge in [0.1, 0.15) is 11.6 Å². The van der Waals surface area contributed by atoms with E-state index in [-0.39, 0.29) is 11.3 Å². The minimum absolute atomic E-state index is 0.0875. The summed E-state index contributed by atoms with van der Waals surface area (Å²) in [6, 6.07) is 4.77. The van der Waals surface area contributed by atoms with Crippen molar-refractivity contribution in [3.05, 3.63) is 22.7 Å². The number of likely N-dealkylation sites (tertiary alicyclic amines) is 1. The molecule has 1 atom stereocenters. The van der Waals surface area contributed by atoms with Crippen LogP contribution in [0.4, 0.5) is 16.2 Å². The van der Waals surface area contributed by atoms with Crippen molar-refractivity contribution >= 4 is 39.3 Å². The first-order chi connectivity index (χ1) is 11.6. The minimum Gasteiger partial charge on any atom is -0.444 e. The molecule has 3 rings (SSSR count). The lowest BCUT2D eigenvalue weighted by Gasteiger charge is -2.28. The van der Waals surface area contributed by atoms with Crippen molar-refractivity contribution in [2.45, 2.75) is 51.7 Å². The van der Waals surface area contributed by atoms with Gasteiger partial charge in [-0.05, 0) is 63.6 Å². The van der Waals surface area contributed by atoms with Crippen LogP contribution in [0, 0.1) is 5.41 Å². The molecule has 1 spiro atoms. The van der Waals surface area contributed by atoms with Crippen LogP contribution in [-0.2, 0) is 9.53 Å². The van der Waals surface area contributed by atoms with E-state index in [1.807, 2.05) is 26.8 Å². The quantitative estimate of drug-likeness (QED) is 0.728. The van der Waals surface area contributed by atoms with Gasteiger partial charge in [-0.3, -0.25) is 9.69 Å². The molecule has 1 aromatic rings. The largest absolute Gasteiger partial charge is 0.444 e. The van der Waals surface area contributed by atoms with Crippen LogP contribution in [0.15, 0.2) is 22.7 Å². The van der Waals surface area contributed by atoms with Crippen molar-refractivity contribution in [3.63, 3.8) is 0 Å². The SMILES string of the molecule is CC(C)(C)OC(=O)N1CC2(CC2)C[C@H]1C(=O)Nc1ccc(Br)cc1N. The molecule has 1 saturated carbocycles. The summed E-state index contributed by atoms with van der Waals surface area (Å²) in [6.45, 7) is 6.05. The molecule has 2 amide bonds. The third kappa shape index (κ3) is 4.08. The second-order valence-corrected chi connectivity index (χ2v) is 8.96. The number of hydrogen-bond acceptors (Lipinski definition) is 4. The number of halogens is 1. The Morgan fingerprint density at radius 3 is 2.60 bits per heavy atom. The highest BCUT2D eigenvalue weighted by molar-refractivity contribution is 9.10. The fraction of sp³-hybridized carbons (Fsp3) is 0.556. The number of nitrogens with one attached hydrogen (secondary N) is 1. The van der Waals surface area contributed by atoms with Crippen LogP contribution in [0.25, 0.3) is 0 Å². The lowest BCUT2D eigenvalue weighted by atomic mass is 10.0. The predicted molar refractivity (Wildman–Crippen MR) is 100 cm³/mol. The smallest absolute Gasteiger partial charge is 0.410 e. The van der Waals surface area contributed by atoms with Gasteiger partial charge in [-0.25, -0.2) is 4.79 Å². The molecule has 2 aliphatic rings. The maximum atomic E-state index is 12.8. The molecule has 6 nitrogen and oxygen atoms in total. The Kier molecular flexibility index (Phi) is 4.47. The highest BCUT2D eigenvalue weighted by Crippen LogP contribution is 2.55. The number of ether oxygens (including phenoxy) is 1. The lowest BCUT2D eigenvalue weighted by Crippen LogP contribution is -2.45. The Balaban J connectivity index is 1.75. The third-order valence-corrected chi connectivity index (χ3v) is 5.16. The highest BCUT2D eigenvalue weighted by Gasteiger charge is 2.56. The standard InChI is InChI=1S/C18H24BrN3O3/c1-17(2,3)25-16(24)22-10-18(6-7-18)9-14(22)15(23)21-13-5-4-11(19)8-12(13)20/h4-5,8,14H,6-7,9-10,20H2,1-3H3,(H,21,23)/t14-/m0/s1. The fourth-order valence-electron chi connectivity index (χ4n) is 3.21. The van der Waals surface area contributed by atoms with E-state index in [1.54, 1.807) is 17.0 Å². The van der Waals surface area contributed by atoms with Gasteiger partial charge in [0.05, 0.1) is 11.4 Å². The summed E-state index contributed by atoms with van der Waals surface area (Å²) < 4.78 is 6.33. The maximum Gasteiger partial charge on any atom is 0.410 e. The number of amides is 2. The summed E-state index contributed by atoms with van der Waals surface area (Å²) in [5, 5.41) is 2.86. The van der Waals surface area contributed by atoms with Gasteiger partial charge >= 0.3 is 6.09 Å². The molecule has 0 unspecified atom stereocenters. The first kappa shape index (κ1) is 18.0. The average Bonchev–Trinajstić information content (AvgIpc) is 3.10. The zero-order chi connectivity index (χ0) is 18.4. The zero-order valence-electron chi connectivity index (χ0n) is 14.8. The summed E-state index contributed by atoms with van der Waals surface area (Å²) >= 11 is 3.35. The Morgan fingerprint density at radius 1 is 1.36 bits per heavy atom. The van der Waals surface area contributed by atoms with Gasteiger partial charge in [0.2, 0.25) is 5.91 Å². The normalized spacial score (nSPS) is 21.3. The van der Waals surface area contributed by atoms with Crippen molar-refractivity contribution in [1.82, 2.24) is 4.90 Å². The van der Waals surface area contributed by atoms with Gasteiger partial charge < -0.3 is 15.8 Å². The number of nitrogens with zero attached hydrogens (tertiary/aromatic N) is 1. The molecule has 0 aromatic heterocycles. The first-order valence-corrected chi connectivity index (χ1v) is 9.23. The van der Waals surface area contributed by atoms with Gasteiger partial charge in [0.25, 0.3) is 0 Å².